The van der Waals surface area contributed by atoms with Crippen molar-refractivity contribution in [2.24, 2.45) is 5.92 Å². The van der Waals surface area contributed by atoms with E-state index in [9.17, 15) is 5.11 Å². The molecule has 2 aliphatic rings. The monoisotopic (exact) mass is 291 g/mol. The number of nitrogen functional groups attached to an aromatic ring is 1. The third kappa shape index (κ3) is 3.61. The van der Waals surface area contributed by atoms with Gasteiger partial charge >= 0.3 is 0 Å². The number of hydrogen-bond acceptors (Lipinski definition) is 6. The van der Waals surface area contributed by atoms with E-state index in [4.69, 9.17) is 5.73 Å². The van der Waals surface area contributed by atoms with Gasteiger partial charge < -0.3 is 16.2 Å². The quantitative estimate of drug-likeness (QED) is 0.786. The summed E-state index contributed by atoms with van der Waals surface area (Å²) in [5.74, 6) is 2.39. The highest BCUT2D eigenvalue weighted by Crippen LogP contribution is 2.31. The molecule has 21 heavy (non-hydrogen) atoms. The van der Waals surface area contributed by atoms with Crippen LogP contribution < -0.4 is 11.1 Å². The number of nitrogens with two attached hydrogens (primary N) is 1. The summed E-state index contributed by atoms with van der Waals surface area (Å²) in [6.07, 6.45) is 8.94. The van der Waals surface area contributed by atoms with Crippen molar-refractivity contribution in [3.8, 4) is 0 Å². The Kier molecular flexibility index (Phi) is 4.53. The van der Waals surface area contributed by atoms with Crippen LogP contribution in [0.15, 0.2) is 0 Å². The van der Waals surface area contributed by atoms with Gasteiger partial charge in [-0.25, -0.2) is 0 Å². The molecule has 1 aromatic heterocycles. The lowest BCUT2D eigenvalue weighted by atomic mass is 9.89. The summed E-state index contributed by atoms with van der Waals surface area (Å²) >= 11 is 0. The molecule has 0 aromatic carbocycles. The minimum Gasteiger partial charge on any atom is -0.393 e. The van der Waals surface area contributed by atoms with E-state index in [0.717, 1.165) is 37.9 Å². The highest BCUT2D eigenvalue weighted by Gasteiger charge is 2.25. The molecule has 2 fully saturated rings. The molecule has 0 aliphatic heterocycles. The van der Waals surface area contributed by atoms with Crippen LogP contribution in [0.4, 0.5) is 11.9 Å². The van der Waals surface area contributed by atoms with Crippen LogP contribution in [-0.4, -0.2) is 32.7 Å². The lowest BCUT2D eigenvalue weighted by Crippen LogP contribution is -2.23. The summed E-state index contributed by atoms with van der Waals surface area (Å²) in [7, 11) is 0. The second-order valence-electron chi connectivity index (χ2n) is 6.35. The molecule has 2 atom stereocenters. The van der Waals surface area contributed by atoms with Crippen molar-refractivity contribution >= 4 is 11.9 Å². The molecule has 0 radical (unpaired) electrons. The Morgan fingerprint density at radius 3 is 2.52 bits per heavy atom. The Bertz CT molecular complexity index is 475. The minimum atomic E-state index is -0.200. The zero-order valence-electron chi connectivity index (χ0n) is 12.5. The molecule has 1 aromatic rings. The van der Waals surface area contributed by atoms with Gasteiger partial charge in [-0.15, -0.1) is 0 Å². The van der Waals surface area contributed by atoms with Crippen LogP contribution >= 0.6 is 0 Å². The van der Waals surface area contributed by atoms with E-state index in [-0.39, 0.29) is 6.10 Å². The summed E-state index contributed by atoms with van der Waals surface area (Å²) in [6, 6.07) is 0. The van der Waals surface area contributed by atoms with Crippen molar-refractivity contribution in [3.63, 3.8) is 0 Å². The first-order chi connectivity index (χ1) is 10.2. The molecule has 2 saturated carbocycles. The number of nitrogens with zero attached hydrogens (tertiary/aromatic N) is 3. The average Bonchev–Trinajstić information content (AvgIpc) is 2.91. The molecule has 2 aliphatic carbocycles. The third-order valence-corrected chi connectivity index (χ3v) is 4.78. The molecule has 0 unspecified atom stereocenters. The number of hydrogen-bond donors (Lipinski definition) is 3. The molecule has 0 spiro atoms. The average molecular weight is 291 g/mol. The number of aliphatic hydroxyl groups is 1. The van der Waals surface area contributed by atoms with Gasteiger partial charge in [-0.1, -0.05) is 25.7 Å². The van der Waals surface area contributed by atoms with Crippen molar-refractivity contribution in [3.05, 3.63) is 5.82 Å². The fourth-order valence-electron chi connectivity index (χ4n) is 3.51. The van der Waals surface area contributed by atoms with Crippen LogP contribution in [0.3, 0.4) is 0 Å². The summed E-state index contributed by atoms with van der Waals surface area (Å²) in [6.45, 7) is 0.703. The van der Waals surface area contributed by atoms with Crippen LogP contribution in [-0.2, 0) is 0 Å². The maximum Gasteiger partial charge on any atom is 0.227 e. The second-order valence-corrected chi connectivity index (χ2v) is 6.35. The van der Waals surface area contributed by atoms with Gasteiger partial charge in [0, 0.05) is 18.4 Å². The van der Waals surface area contributed by atoms with Crippen molar-refractivity contribution < 1.29 is 5.11 Å². The van der Waals surface area contributed by atoms with E-state index < -0.39 is 0 Å². The SMILES string of the molecule is Nc1nc(NC[C@@H]2CCC[C@H]2O)nc(C2CCCCC2)n1. The number of anilines is 2. The third-order valence-electron chi connectivity index (χ3n) is 4.78. The first kappa shape index (κ1) is 14.5. The van der Waals surface area contributed by atoms with E-state index in [2.05, 4.69) is 20.3 Å². The van der Waals surface area contributed by atoms with E-state index in [1.54, 1.807) is 0 Å². The maximum absolute atomic E-state index is 9.86. The van der Waals surface area contributed by atoms with Crippen molar-refractivity contribution in [1.82, 2.24) is 15.0 Å². The molecule has 3 rings (SSSR count). The highest BCUT2D eigenvalue weighted by molar-refractivity contribution is 5.32. The molecule has 4 N–H and O–H groups in total. The summed E-state index contributed by atoms with van der Waals surface area (Å²) in [5, 5.41) is 13.1. The lowest BCUT2D eigenvalue weighted by Gasteiger charge is -2.21. The second kappa shape index (κ2) is 6.56. The van der Waals surface area contributed by atoms with Crippen LogP contribution in [0.1, 0.15) is 63.1 Å². The maximum atomic E-state index is 9.86. The number of aliphatic hydroxyl groups excluding tert-OH is 1. The molecule has 1 heterocycles. The Labute approximate surface area is 125 Å². The van der Waals surface area contributed by atoms with Crippen LogP contribution in [0.2, 0.25) is 0 Å². The Morgan fingerprint density at radius 2 is 1.81 bits per heavy atom. The molecular weight excluding hydrogens is 266 g/mol. The van der Waals surface area contributed by atoms with Gasteiger partial charge in [-0.3, -0.25) is 0 Å². The molecule has 0 saturated heterocycles. The molecule has 0 bridgehead atoms. The van der Waals surface area contributed by atoms with Crippen molar-refractivity contribution in [2.75, 3.05) is 17.6 Å². The normalized spacial score (nSPS) is 26.9. The van der Waals surface area contributed by atoms with Gasteiger partial charge in [0.1, 0.15) is 5.82 Å². The fraction of sp³-hybridized carbons (Fsp3) is 0.800. The molecule has 6 heteroatoms. The largest absolute Gasteiger partial charge is 0.393 e. The number of nitrogens with one attached hydrogen (secondary N) is 1. The van der Waals surface area contributed by atoms with E-state index in [1.807, 2.05) is 0 Å². The van der Waals surface area contributed by atoms with Gasteiger partial charge in [-0.2, -0.15) is 15.0 Å². The zero-order chi connectivity index (χ0) is 14.7. The first-order valence-corrected chi connectivity index (χ1v) is 8.16. The number of rotatable bonds is 4. The van der Waals surface area contributed by atoms with Gasteiger partial charge in [0.2, 0.25) is 11.9 Å². The van der Waals surface area contributed by atoms with Crippen molar-refractivity contribution in [2.45, 2.75) is 63.4 Å². The molecule has 0 amide bonds. The van der Waals surface area contributed by atoms with E-state index in [0.29, 0.717) is 30.3 Å². The summed E-state index contributed by atoms with van der Waals surface area (Å²) in [5.41, 5.74) is 5.83. The van der Waals surface area contributed by atoms with Gasteiger partial charge in [0.05, 0.1) is 6.10 Å². The van der Waals surface area contributed by atoms with Crippen LogP contribution in [0.25, 0.3) is 0 Å². The Balaban J connectivity index is 1.65. The predicted octanol–water partition coefficient (Wildman–Crippen LogP) is 2.07. The van der Waals surface area contributed by atoms with E-state index in [1.165, 1.54) is 19.3 Å². The minimum absolute atomic E-state index is 0.200. The van der Waals surface area contributed by atoms with Gasteiger partial charge in [0.25, 0.3) is 0 Å². The van der Waals surface area contributed by atoms with Gasteiger partial charge in [0.15, 0.2) is 0 Å². The van der Waals surface area contributed by atoms with Gasteiger partial charge in [-0.05, 0) is 25.7 Å². The standard InChI is InChI=1S/C15H25N5O/c16-14-18-13(10-5-2-1-3-6-10)19-15(20-14)17-9-11-7-4-8-12(11)21/h10-12,21H,1-9H2,(H3,16,17,18,19,20)/t11-,12+/m0/s1. The molecular formula is C15H25N5O. The molecule has 6 nitrogen and oxygen atoms in total. The fourth-order valence-corrected chi connectivity index (χ4v) is 3.51. The molecule has 116 valence electrons. The van der Waals surface area contributed by atoms with Crippen molar-refractivity contribution in [1.29, 1.82) is 0 Å². The predicted molar refractivity (Wildman–Crippen MR) is 81.9 cm³/mol. The lowest BCUT2D eigenvalue weighted by molar-refractivity contribution is 0.138. The Hall–Kier alpha value is -1.43. The number of aromatic nitrogens is 3. The van der Waals surface area contributed by atoms with E-state index >= 15 is 0 Å². The van der Waals surface area contributed by atoms with Crippen LogP contribution in [0, 0.1) is 5.92 Å². The Morgan fingerprint density at radius 1 is 1.00 bits per heavy atom. The highest BCUT2D eigenvalue weighted by atomic mass is 16.3. The zero-order valence-corrected chi connectivity index (χ0v) is 12.5. The first-order valence-electron chi connectivity index (χ1n) is 8.16. The topological polar surface area (TPSA) is 97.0 Å². The summed E-state index contributed by atoms with van der Waals surface area (Å²) in [4.78, 5) is 13.0. The smallest absolute Gasteiger partial charge is 0.227 e. The van der Waals surface area contributed by atoms with Crippen LogP contribution in [0.5, 0.6) is 0 Å². The summed E-state index contributed by atoms with van der Waals surface area (Å²) < 4.78 is 0.